The number of hydrogen-bond donors (Lipinski definition) is 1. The maximum absolute atomic E-state index is 5.80. The first kappa shape index (κ1) is 16.4. The fourth-order valence-electron chi connectivity index (χ4n) is 2.37. The molecule has 5 heteroatoms. The van der Waals surface area contributed by atoms with E-state index in [1.807, 2.05) is 10.9 Å². The van der Waals surface area contributed by atoms with Crippen LogP contribution in [-0.4, -0.2) is 34.2 Å². The lowest BCUT2D eigenvalue weighted by atomic mass is 10.0. The Labute approximate surface area is 128 Å². The smallest absolute Gasteiger partial charge is 0.0964 e. The summed E-state index contributed by atoms with van der Waals surface area (Å²) in [7, 11) is 0. The van der Waals surface area contributed by atoms with Crippen molar-refractivity contribution < 1.29 is 4.74 Å². The first-order valence-electron chi connectivity index (χ1n) is 8.52. The van der Waals surface area contributed by atoms with Gasteiger partial charge in [0, 0.05) is 25.4 Å². The molecule has 0 spiro atoms. The van der Waals surface area contributed by atoms with Crippen LogP contribution in [0.15, 0.2) is 6.20 Å². The molecule has 1 aromatic heterocycles. The minimum absolute atomic E-state index is 0.707. The van der Waals surface area contributed by atoms with Crippen molar-refractivity contribution in [3.8, 4) is 0 Å². The molecule has 2 rings (SSSR count). The molecule has 120 valence electrons. The van der Waals surface area contributed by atoms with Crippen LogP contribution in [0.25, 0.3) is 0 Å². The van der Waals surface area contributed by atoms with Gasteiger partial charge in [0.15, 0.2) is 0 Å². The molecule has 0 saturated heterocycles. The van der Waals surface area contributed by atoms with Gasteiger partial charge in [-0.25, -0.2) is 4.68 Å². The summed E-state index contributed by atoms with van der Waals surface area (Å²) in [5.41, 5.74) is 1.02. The summed E-state index contributed by atoms with van der Waals surface area (Å²) in [6.45, 7) is 7.72. The minimum atomic E-state index is 0.707. The molecular formula is C16H30N4O. The van der Waals surface area contributed by atoms with Crippen molar-refractivity contribution in [1.82, 2.24) is 20.3 Å². The SMILES string of the molecule is CCCCC(CC)COCCn1cc(CNC2CC2)nn1. The van der Waals surface area contributed by atoms with Gasteiger partial charge in [0.1, 0.15) is 0 Å². The van der Waals surface area contributed by atoms with Gasteiger partial charge in [0.2, 0.25) is 0 Å². The van der Waals surface area contributed by atoms with E-state index in [-0.39, 0.29) is 0 Å². The first-order valence-corrected chi connectivity index (χ1v) is 8.52. The molecule has 0 aliphatic heterocycles. The van der Waals surface area contributed by atoms with Crippen LogP contribution >= 0.6 is 0 Å². The van der Waals surface area contributed by atoms with Gasteiger partial charge in [0.25, 0.3) is 0 Å². The summed E-state index contributed by atoms with van der Waals surface area (Å²) < 4.78 is 7.69. The molecule has 0 amide bonds. The zero-order chi connectivity index (χ0) is 14.9. The van der Waals surface area contributed by atoms with Crippen LogP contribution in [0.4, 0.5) is 0 Å². The number of hydrogen-bond acceptors (Lipinski definition) is 4. The minimum Gasteiger partial charge on any atom is -0.379 e. The molecule has 0 bridgehead atoms. The molecule has 21 heavy (non-hydrogen) atoms. The van der Waals surface area contributed by atoms with E-state index < -0.39 is 0 Å². The van der Waals surface area contributed by atoms with E-state index in [9.17, 15) is 0 Å². The predicted molar refractivity (Wildman–Crippen MR) is 84.0 cm³/mol. The maximum atomic E-state index is 5.80. The Balaban J connectivity index is 1.56. The Morgan fingerprint density at radius 3 is 3.00 bits per heavy atom. The number of aromatic nitrogens is 3. The molecule has 1 unspecified atom stereocenters. The van der Waals surface area contributed by atoms with Gasteiger partial charge in [-0.05, 0) is 25.2 Å². The van der Waals surface area contributed by atoms with Gasteiger partial charge in [-0.2, -0.15) is 0 Å². The van der Waals surface area contributed by atoms with E-state index in [1.54, 1.807) is 0 Å². The second-order valence-corrected chi connectivity index (χ2v) is 6.12. The molecule has 1 aromatic rings. The molecule has 0 radical (unpaired) electrons. The van der Waals surface area contributed by atoms with Crippen molar-refractivity contribution in [3.63, 3.8) is 0 Å². The highest BCUT2D eigenvalue weighted by Gasteiger charge is 2.20. The second-order valence-electron chi connectivity index (χ2n) is 6.12. The summed E-state index contributed by atoms with van der Waals surface area (Å²) in [6, 6.07) is 0.715. The predicted octanol–water partition coefficient (Wildman–Crippen LogP) is 2.76. The third kappa shape index (κ3) is 6.57. The number of nitrogens with zero attached hydrogens (tertiary/aromatic N) is 3. The molecule has 1 heterocycles. The highest BCUT2D eigenvalue weighted by molar-refractivity contribution is 4.94. The van der Waals surface area contributed by atoms with Gasteiger partial charge in [-0.1, -0.05) is 38.3 Å². The van der Waals surface area contributed by atoms with Crippen molar-refractivity contribution in [2.24, 2.45) is 5.92 Å². The molecule has 1 fully saturated rings. The average molecular weight is 294 g/mol. The lowest BCUT2D eigenvalue weighted by Gasteiger charge is -2.14. The number of rotatable bonds is 12. The zero-order valence-electron chi connectivity index (χ0n) is 13.6. The standard InChI is InChI=1S/C16H30N4O/c1-3-5-6-14(4-2)13-21-10-9-20-12-16(18-19-20)11-17-15-7-8-15/h12,14-15,17H,3-11,13H2,1-2H3. The lowest BCUT2D eigenvalue weighted by Crippen LogP contribution is -2.15. The number of ether oxygens (including phenoxy) is 1. The van der Waals surface area contributed by atoms with Gasteiger partial charge in [-0.3, -0.25) is 0 Å². The third-order valence-electron chi connectivity index (χ3n) is 4.10. The highest BCUT2D eigenvalue weighted by Crippen LogP contribution is 2.18. The van der Waals surface area contributed by atoms with Crippen molar-refractivity contribution >= 4 is 0 Å². The van der Waals surface area contributed by atoms with Crippen molar-refractivity contribution in [3.05, 3.63) is 11.9 Å². The van der Waals surface area contributed by atoms with Crippen LogP contribution in [0, 0.1) is 5.92 Å². The maximum Gasteiger partial charge on any atom is 0.0964 e. The van der Waals surface area contributed by atoms with E-state index in [4.69, 9.17) is 4.74 Å². The van der Waals surface area contributed by atoms with Gasteiger partial charge in [-0.15, -0.1) is 5.10 Å². The Morgan fingerprint density at radius 2 is 2.29 bits per heavy atom. The van der Waals surface area contributed by atoms with Crippen LogP contribution < -0.4 is 5.32 Å². The second kappa shape index (κ2) is 9.15. The van der Waals surface area contributed by atoms with Crippen LogP contribution in [0.2, 0.25) is 0 Å². The summed E-state index contributed by atoms with van der Waals surface area (Å²) >= 11 is 0. The molecule has 1 aliphatic carbocycles. The Morgan fingerprint density at radius 1 is 1.43 bits per heavy atom. The normalized spacial score (nSPS) is 16.3. The van der Waals surface area contributed by atoms with Crippen LogP contribution in [0.5, 0.6) is 0 Å². The van der Waals surface area contributed by atoms with Crippen molar-refractivity contribution in [2.45, 2.75) is 71.5 Å². The van der Waals surface area contributed by atoms with E-state index in [1.165, 1.54) is 38.5 Å². The topological polar surface area (TPSA) is 52.0 Å². The summed E-state index contributed by atoms with van der Waals surface area (Å²) in [5, 5.41) is 11.8. The van der Waals surface area contributed by atoms with E-state index >= 15 is 0 Å². The van der Waals surface area contributed by atoms with Crippen LogP contribution in [-0.2, 0) is 17.8 Å². The fourth-order valence-corrected chi connectivity index (χ4v) is 2.37. The summed E-state index contributed by atoms with van der Waals surface area (Å²) in [6.07, 6.45) is 9.70. The largest absolute Gasteiger partial charge is 0.379 e. The summed E-state index contributed by atoms with van der Waals surface area (Å²) in [5.74, 6) is 0.707. The molecule has 0 aromatic carbocycles. The molecule has 5 nitrogen and oxygen atoms in total. The van der Waals surface area contributed by atoms with Gasteiger partial charge >= 0.3 is 0 Å². The average Bonchev–Trinajstić information content (AvgIpc) is 3.23. The highest BCUT2D eigenvalue weighted by atomic mass is 16.5. The van der Waals surface area contributed by atoms with Crippen LogP contribution in [0.3, 0.4) is 0 Å². The molecule has 1 aliphatic rings. The Kier molecular flexibility index (Phi) is 7.16. The van der Waals surface area contributed by atoms with E-state index in [2.05, 4.69) is 29.5 Å². The van der Waals surface area contributed by atoms with E-state index in [0.717, 1.165) is 32.0 Å². The third-order valence-corrected chi connectivity index (χ3v) is 4.10. The summed E-state index contributed by atoms with van der Waals surface area (Å²) in [4.78, 5) is 0. The number of nitrogens with one attached hydrogen (secondary N) is 1. The Hall–Kier alpha value is -0.940. The van der Waals surface area contributed by atoms with Crippen molar-refractivity contribution in [2.75, 3.05) is 13.2 Å². The first-order chi connectivity index (χ1) is 10.3. The molecule has 1 N–H and O–H groups in total. The quantitative estimate of drug-likeness (QED) is 0.602. The lowest BCUT2D eigenvalue weighted by molar-refractivity contribution is 0.0859. The fraction of sp³-hybridized carbons (Fsp3) is 0.875. The molecule has 1 saturated carbocycles. The number of unbranched alkanes of at least 4 members (excludes halogenated alkanes) is 1. The van der Waals surface area contributed by atoms with Crippen LogP contribution in [0.1, 0.15) is 58.1 Å². The molecular weight excluding hydrogens is 264 g/mol. The Bertz CT molecular complexity index is 389. The van der Waals surface area contributed by atoms with Crippen molar-refractivity contribution in [1.29, 1.82) is 0 Å². The monoisotopic (exact) mass is 294 g/mol. The zero-order valence-corrected chi connectivity index (χ0v) is 13.6. The molecule has 1 atom stereocenters. The van der Waals surface area contributed by atoms with Gasteiger partial charge < -0.3 is 10.1 Å². The van der Waals surface area contributed by atoms with Gasteiger partial charge in [0.05, 0.1) is 18.8 Å². The van der Waals surface area contributed by atoms with E-state index in [0.29, 0.717) is 12.0 Å².